The van der Waals surface area contributed by atoms with Gasteiger partial charge in [0, 0.05) is 18.7 Å². The molecule has 4 aromatic rings. The molecule has 7 heteroatoms. The number of carbonyl (C=O) groups is 1. The van der Waals surface area contributed by atoms with Gasteiger partial charge in [-0.15, -0.1) is 0 Å². The molecular weight excluding hydrogens is 430 g/mol. The fraction of sp³-hybridized carbons (Fsp3) is 0.222. The summed E-state index contributed by atoms with van der Waals surface area (Å²) in [6.07, 6.45) is 0. The van der Waals surface area contributed by atoms with Crippen molar-refractivity contribution >= 4 is 16.8 Å². The van der Waals surface area contributed by atoms with Gasteiger partial charge in [0.25, 0.3) is 11.5 Å². The highest BCUT2D eigenvalue weighted by Crippen LogP contribution is 2.27. The Morgan fingerprint density at radius 3 is 2.29 bits per heavy atom. The van der Waals surface area contributed by atoms with E-state index in [1.807, 2.05) is 56.3 Å². The van der Waals surface area contributed by atoms with Gasteiger partial charge in [0.05, 0.1) is 36.9 Å². The first-order valence-corrected chi connectivity index (χ1v) is 10.9. The van der Waals surface area contributed by atoms with Gasteiger partial charge in [0.15, 0.2) is 0 Å². The maximum atomic E-state index is 13.6. The molecule has 0 saturated carbocycles. The highest BCUT2D eigenvalue weighted by atomic mass is 16.5. The summed E-state index contributed by atoms with van der Waals surface area (Å²) in [5.41, 5.74) is 2.54. The van der Waals surface area contributed by atoms with Crippen LogP contribution in [0.5, 0.6) is 11.5 Å². The number of amides is 1. The molecule has 34 heavy (non-hydrogen) atoms. The van der Waals surface area contributed by atoms with E-state index in [1.165, 1.54) is 14.2 Å². The van der Waals surface area contributed by atoms with E-state index in [2.05, 4.69) is 0 Å². The minimum absolute atomic E-state index is 0.179. The molecule has 1 atom stereocenters. The van der Waals surface area contributed by atoms with Crippen LogP contribution in [0.1, 0.15) is 34.7 Å². The molecule has 0 fully saturated rings. The molecule has 1 heterocycles. The third-order valence-corrected chi connectivity index (χ3v) is 5.93. The molecule has 4 rings (SSSR count). The van der Waals surface area contributed by atoms with Gasteiger partial charge in [0.1, 0.15) is 17.3 Å². The number of aryl methyl sites for hydroxylation is 1. The second-order valence-electron chi connectivity index (χ2n) is 8.16. The number of benzene rings is 3. The van der Waals surface area contributed by atoms with Crippen molar-refractivity contribution in [3.8, 4) is 17.2 Å². The minimum atomic E-state index is -0.512. The van der Waals surface area contributed by atoms with E-state index in [-0.39, 0.29) is 11.5 Å². The summed E-state index contributed by atoms with van der Waals surface area (Å²) in [5, 5.41) is 0.520. The van der Waals surface area contributed by atoms with Crippen molar-refractivity contribution in [2.75, 3.05) is 21.3 Å². The molecule has 1 amide bonds. The summed E-state index contributed by atoms with van der Waals surface area (Å²) in [7, 11) is 4.77. The Kier molecular flexibility index (Phi) is 6.36. The van der Waals surface area contributed by atoms with Gasteiger partial charge < -0.3 is 14.4 Å². The third-order valence-electron chi connectivity index (χ3n) is 5.93. The van der Waals surface area contributed by atoms with Crippen LogP contribution in [0.15, 0.2) is 71.5 Å². The zero-order valence-corrected chi connectivity index (χ0v) is 19.9. The lowest BCUT2D eigenvalue weighted by molar-refractivity contribution is 0.0734. The highest BCUT2D eigenvalue weighted by molar-refractivity contribution is 5.95. The summed E-state index contributed by atoms with van der Waals surface area (Å²) in [5.74, 6) is 1.26. The van der Waals surface area contributed by atoms with E-state index >= 15 is 0 Å². The quantitative estimate of drug-likeness (QED) is 0.425. The van der Waals surface area contributed by atoms with Crippen molar-refractivity contribution < 1.29 is 14.3 Å². The predicted molar refractivity (Wildman–Crippen MR) is 132 cm³/mol. The summed E-state index contributed by atoms with van der Waals surface area (Å²) >= 11 is 0. The summed E-state index contributed by atoms with van der Waals surface area (Å²) in [6.45, 7) is 3.83. The monoisotopic (exact) mass is 457 g/mol. The van der Waals surface area contributed by atoms with E-state index in [0.717, 1.165) is 5.56 Å². The van der Waals surface area contributed by atoms with Gasteiger partial charge in [-0.2, -0.15) is 0 Å². The van der Waals surface area contributed by atoms with Crippen molar-refractivity contribution in [1.29, 1.82) is 0 Å². The number of aromatic nitrogens is 2. The average Bonchev–Trinajstić information content (AvgIpc) is 2.86. The third kappa shape index (κ3) is 4.24. The Hall–Kier alpha value is -4.13. The van der Waals surface area contributed by atoms with Crippen LogP contribution in [-0.2, 0) is 0 Å². The van der Waals surface area contributed by atoms with Gasteiger partial charge in [-0.1, -0.05) is 24.3 Å². The Bertz CT molecular complexity index is 1410. The van der Waals surface area contributed by atoms with E-state index < -0.39 is 6.04 Å². The number of carbonyl (C=O) groups excluding carboxylic acids is 1. The molecule has 7 nitrogen and oxygen atoms in total. The van der Waals surface area contributed by atoms with Crippen molar-refractivity contribution in [3.63, 3.8) is 0 Å². The number of nitrogens with zero attached hydrogens (tertiary/aromatic N) is 3. The fourth-order valence-electron chi connectivity index (χ4n) is 3.93. The van der Waals surface area contributed by atoms with Gasteiger partial charge in [-0.25, -0.2) is 4.98 Å². The molecule has 0 aliphatic rings. The molecule has 0 aliphatic carbocycles. The first kappa shape index (κ1) is 23.0. The standard InChI is InChI=1S/C27H27N3O4/c1-17-9-8-10-20(13-17)30-25(28-24-12-7-6-11-23(24)27(30)32)18(2)29(3)26(31)19-14-21(33-4)16-22(15-19)34-5/h6-16,18H,1-5H3. The Morgan fingerprint density at radius 1 is 0.971 bits per heavy atom. The molecule has 0 spiro atoms. The Labute approximate surface area is 198 Å². The number of ether oxygens (including phenoxy) is 2. The largest absolute Gasteiger partial charge is 0.497 e. The Morgan fingerprint density at radius 2 is 1.65 bits per heavy atom. The van der Waals surface area contributed by atoms with Gasteiger partial charge in [-0.05, 0) is 55.8 Å². The second kappa shape index (κ2) is 9.39. The van der Waals surface area contributed by atoms with Gasteiger partial charge in [-0.3, -0.25) is 14.2 Å². The van der Waals surface area contributed by atoms with Crippen LogP contribution in [0.25, 0.3) is 16.6 Å². The molecule has 0 aliphatic heterocycles. The number of methoxy groups -OCH3 is 2. The first-order chi connectivity index (χ1) is 16.3. The van der Waals surface area contributed by atoms with Crippen LogP contribution in [0.2, 0.25) is 0 Å². The lowest BCUT2D eigenvalue weighted by atomic mass is 10.1. The van der Waals surface area contributed by atoms with Crippen LogP contribution in [0.4, 0.5) is 0 Å². The van der Waals surface area contributed by atoms with E-state index in [1.54, 1.807) is 40.8 Å². The van der Waals surface area contributed by atoms with Crippen LogP contribution >= 0.6 is 0 Å². The summed E-state index contributed by atoms with van der Waals surface area (Å²) < 4.78 is 12.2. The SMILES string of the molecule is COc1cc(OC)cc(C(=O)N(C)C(C)c2nc3ccccc3c(=O)n2-c2cccc(C)c2)c1. The van der Waals surface area contributed by atoms with Gasteiger partial charge >= 0.3 is 0 Å². The first-order valence-electron chi connectivity index (χ1n) is 10.9. The number of hydrogen-bond acceptors (Lipinski definition) is 5. The zero-order chi connectivity index (χ0) is 24.4. The van der Waals surface area contributed by atoms with E-state index in [9.17, 15) is 9.59 Å². The highest BCUT2D eigenvalue weighted by Gasteiger charge is 2.25. The second-order valence-corrected chi connectivity index (χ2v) is 8.16. The molecule has 0 N–H and O–H groups in total. The molecular formula is C27H27N3O4. The van der Waals surface area contributed by atoms with Crippen molar-refractivity contribution in [2.45, 2.75) is 19.9 Å². The lowest BCUT2D eigenvalue weighted by Gasteiger charge is -2.27. The topological polar surface area (TPSA) is 73.7 Å². The maximum absolute atomic E-state index is 13.6. The molecule has 0 bridgehead atoms. The number of fused-ring (bicyclic) bond motifs is 1. The molecule has 3 aromatic carbocycles. The minimum Gasteiger partial charge on any atom is -0.497 e. The van der Waals surface area contributed by atoms with Crippen molar-refractivity contribution in [1.82, 2.24) is 14.5 Å². The van der Waals surface area contributed by atoms with Crippen LogP contribution in [0, 0.1) is 6.92 Å². The molecule has 174 valence electrons. The number of para-hydroxylation sites is 1. The van der Waals surface area contributed by atoms with Crippen LogP contribution in [0.3, 0.4) is 0 Å². The van der Waals surface area contributed by atoms with Crippen molar-refractivity contribution in [3.05, 3.63) is 94.0 Å². The molecule has 0 radical (unpaired) electrons. The smallest absolute Gasteiger partial charge is 0.266 e. The van der Waals surface area contributed by atoms with E-state index in [4.69, 9.17) is 14.5 Å². The predicted octanol–water partition coefficient (Wildman–Crippen LogP) is 4.54. The summed E-state index contributed by atoms with van der Waals surface area (Å²) in [4.78, 5) is 33.4. The Balaban J connectivity index is 1.85. The van der Waals surface area contributed by atoms with Crippen LogP contribution in [-0.4, -0.2) is 41.6 Å². The number of rotatable bonds is 6. The maximum Gasteiger partial charge on any atom is 0.266 e. The molecule has 0 saturated heterocycles. The van der Waals surface area contributed by atoms with E-state index in [0.29, 0.717) is 39.5 Å². The molecule has 1 unspecified atom stereocenters. The lowest BCUT2D eigenvalue weighted by Crippen LogP contribution is -2.35. The van der Waals surface area contributed by atoms with Crippen molar-refractivity contribution in [2.24, 2.45) is 0 Å². The van der Waals surface area contributed by atoms with Crippen LogP contribution < -0.4 is 15.0 Å². The fourth-order valence-corrected chi connectivity index (χ4v) is 3.93. The number of hydrogen-bond donors (Lipinski definition) is 0. The zero-order valence-electron chi connectivity index (χ0n) is 19.9. The molecule has 1 aromatic heterocycles. The average molecular weight is 458 g/mol. The van der Waals surface area contributed by atoms with Gasteiger partial charge in [0.2, 0.25) is 0 Å². The summed E-state index contributed by atoms with van der Waals surface area (Å²) in [6, 6.07) is 19.4. The normalized spacial score (nSPS) is 11.8.